The standard InChI is InChI=1S/C13H17FN2O2/c1-2-9-8-16(4-3-12(9)17)13(18)10-5-11(14)7-15-6-10/h5-7,9,12,17H,2-4,8H2,1H3. The summed E-state index contributed by atoms with van der Waals surface area (Å²) < 4.78 is 13.0. The van der Waals surface area contributed by atoms with Crippen LogP contribution in [-0.4, -0.2) is 40.1 Å². The number of carbonyl (C=O) groups is 1. The molecule has 2 rings (SSSR count). The average Bonchev–Trinajstić information content (AvgIpc) is 2.38. The van der Waals surface area contributed by atoms with Crippen molar-refractivity contribution in [3.05, 3.63) is 29.8 Å². The molecule has 2 heterocycles. The lowest BCUT2D eigenvalue weighted by molar-refractivity contribution is 0.0228. The highest BCUT2D eigenvalue weighted by Crippen LogP contribution is 2.21. The van der Waals surface area contributed by atoms with E-state index in [4.69, 9.17) is 0 Å². The van der Waals surface area contributed by atoms with Gasteiger partial charge < -0.3 is 10.0 Å². The van der Waals surface area contributed by atoms with E-state index in [9.17, 15) is 14.3 Å². The fourth-order valence-electron chi connectivity index (χ4n) is 2.32. The molecule has 0 aliphatic carbocycles. The maximum atomic E-state index is 13.0. The van der Waals surface area contributed by atoms with Crippen LogP contribution in [0.25, 0.3) is 0 Å². The maximum Gasteiger partial charge on any atom is 0.255 e. The SMILES string of the molecule is CCC1CN(C(=O)c2cncc(F)c2)CCC1O. The van der Waals surface area contributed by atoms with Gasteiger partial charge >= 0.3 is 0 Å². The van der Waals surface area contributed by atoms with Crippen LogP contribution in [0.15, 0.2) is 18.5 Å². The number of aliphatic hydroxyl groups excluding tert-OH is 1. The van der Waals surface area contributed by atoms with Gasteiger partial charge in [-0.2, -0.15) is 0 Å². The van der Waals surface area contributed by atoms with Crippen LogP contribution >= 0.6 is 0 Å². The smallest absolute Gasteiger partial charge is 0.255 e. The van der Waals surface area contributed by atoms with Crippen LogP contribution in [0.2, 0.25) is 0 Å². The Morgan fingerprint density at radius 2 is 2.39 bits per heavy atom. The van der Waals surface area contributed by atoms with E-state index in [1.807, 2.05) is 6.92 Å². The normalized spacial score (nSPS) is 24.1. The molecule has 1 aromatic heterocycles. The van der Waals surface area contributed by atoms with Gasteiger partial charge in [-0.15, -0.1) is 0 Å². The number of rotatable bonds is 2. The second-order valence-corrected chi connectivity index (χ2v) is 4.67. The van der Waals surface area contributed by atoms with Gasteiger partial charge in [-0.05, 0) is 18.9 Å². The highest BCUT2D eigenvalue weighted by Gasteiger charge is 2.29. The van der Waals surface area contributed by atoms with Crippen molar-refractivity contribution in [2.45, 2.75) is 25.9 Å². The first-order valence-corrected chi connectivity index (χ1v) is 6.19. The van der Waals surface area contributed by atoms with Gasteiger partial charge in [0.1, 0.15) is 5.82 Å². The molecule has 1 aliphatic heterocycles. The summed E-state index contributed by atoms with van der Waals surface area (Å²) in [7, 11) is 0. The van der Waals surface area contributed by atoms with Crippen molar-refractivity contribution in [2.75, 3.05) is 13.1 Å². The molecule has 2 atom stereocenters. The number of carbonyl (C=O) groups excluding carboxylic acids is 1. The summed E-state index contributed by atoms with van der Waals surface area (Å²) in [5, 5.41) is 9.77. The topological polar surface area (TPSA) is 53.4 Å². The summed E-state index contributed by atoms with van der Waals surface area (Å²) in [6.45, 7) is 3.02. The Bertz CT molecular complexity index is 439. The summed E-state index contributed by atoms with van der Waals surface area (Å²) in [5.74, 6) is -0.624. The lowest BCUT2D eigenvalue weighted by atomic mass is 9.92. The van der Waals surface area contributed by atoms with Gasteiger partial charge in [0.15, 0.2) is 0 Å². The number of halogens is 1. The Morgan fingerprint density at radius 1 is 1.61 bits per heavy atom. The van der Waals surface area contributed by atoms with E-state index in [1.165, 1.54) is 12.3 Å². The van der Waals surface area contributed by atoms with Gasteiger partial charge in [0.05, 0.1) is 17.9 Å². The minimum absolute atomic E-state index is 0.101. The molecule has 1 amide bonds. The second-order valence-electron chi connectivity index (χ2n) is 4.67. The van der Waals surface area contributed by atoms with Crippen LogP contribution in [0.4, 0.5) is 4.39 Å². The van der Waals surface area contributed by atoms with Gasteiger partial charge in [-0.1, -0.05) is 6.92 Å². The number of hydrogen-bond donors (Lipinski definition) is 1. The predicted molar refractivity (Wildman–Crippen MR) is 64.5 cm³/mol. The van der Waals surface area contributed by atoms with Crippen LogP contribution in [-0.2, 0) is 0 Å². The fourth-order valence-corrected chi connectivity index (χ4v) is 2.32. The van der Waals surface area contributed by atoms with E-state index in [2.05, 4.69) is 4.98 Å². The Kier molecular flexibility index (Phi) is 3.91. The highest BCUT2D eigenvalue weighted by atomic mass is 19.1. The number of pyridine rings is 1. The molecule has 2 unspecified atom stereocenters. The van der Waals surface area contributed by atoms with E-state index in [-0.39, 0.29) is 23.5 Å². The summed E-state index contributed by atoms with van der Waals surface area (Å²) >= 11 is 0. The van der Waals surface area contributed by atoms with Crippen molar-refractivity contribution in [3.8, 4) is 0 Å². The van der Waals surface area contributed by atoms with Crippen molar-refractivity contribution < 1.29 is 14.3 Å². The molecule has 5 heteroatoms. The van der Waals surface area contributed by atoms with Crippen molar-refractivity contribution in [1.82, 2.24) is 9.88 Å². The van der Waals surface area contributed by atoms with E-state index >= 15 is 0 Å². The number of aromatic nitrogens is 1. The molecular weight excluding hydrogens is 235 g/mol. The third-order valence-corrected chi connectivity index (χ3v) is 3.46. The quantitative estimate of drug-likeness (QED) is 0.866. The van der Waals surface area contributed by atoms with Crippen LogP contribution < -0.4 is 0 Å². The average molecular weight is 252 g/mol. The first-order chi connectivity index (χ1) is 8.61. The number of hydrogen-bond acceptors (Lipinski definition) is 3. The van der Waals surface area contributed by atoms with Crippen molar-refractivity contribution in [1.29, 1.82) is 0 Å². The predicted octanol–water partition coefficient (Wildman–Crippen LogP) is 1.45. The molecule has 18 heavy (non-hydrogen) atoms. The molecule has 0 aromatic carbocycles. The molecule has 1 aliphatic rings. The minimum Gasteiger partial charge on any atom is -0.393 e. The number of nitrogens with zero attached hydrogens (tertiary/aromatic N) is 2. The Balaban J connectivity index is 2.10. The molecule has 0 spiro atoms. The monoisotopic (exact) mass is 252 g/mol. The molecule has 1 aromatic rings. The fraction of sp³-hybridized carbons (Fsp3) is 0.538. The largest absolute Gasteiger partial charge is 0.393 e. The summed E-state index contributed by atoms with van der Waals surface area (Å²) in [6.07, 6.45) is 3.51. The Morgan fingerprint density at radius 3 is 3.06 bits per heavy atom. The highest BCUT2D eigenvalue weighted by molar-refractivity contribution is 5.94. The molecule has 98 valence electrons. The molecule has 1 fully saturated rings. The second kappa shape index (κ2) is 5.44. The van der Waals surface area contributed by atoms with E-state index in [0.29, 0.717) is 19.5 Å². The van der Waals surface area contributed by atoms with E-state index in [1.54, 1.807) is 4.90 Å². The maximum absolute atomic E-state index is 13.0. The van der Waals surface area contributed by atoms with E-state index in [0.717, 1.165) is 12.6 Å². The first kappa shape index (κ1) is 13.0. The van der Waals surface area contributed by atoms with Gasteiger partial charge in [-0.3, -0.25) is 9.78 Å². The number of likely N-dealkylation sites (tertiary alicyclic amines) is 1. The third-order valence-electron chi connectivity index (χ3n) is 3.46. The molecule has 4 nitrogen and oxygen atoms in total. The molecular formula is C13H17FN2O2. The lowest BCUT2D eigenvalue weighted by Crippen LogP contribution is -2.45. The van der Waals surface area contributed by atoms with Crippen LogP contribution in [0.3, 0.4) is 0 Å². The van der Waals surface area contributed by atoms with Crippen molar-refractivity contribution in [3.63, 3.8) is 0 Å². The molecule has 0 radical (unpaired) electrons. The number of piperidine rings is 1. The van der Waals surface area contributed by atoms with Crippen LogP contribution in [0.5, 0.6) is 0 Å². The zero-order chi connectivity index (χ0) is 13.1. The Labute approximate surface area is 105 Å². The van der Waals surface area contributed by atoms with Crippen molar-refractivity contribution in [2.24, 2.45) is 5.92 Å². The molecule has 1 N–H and O–H groups in total. The van der Waals surface area contributed by atoms with Crippen molar-refractivity contribution >= 4 is 5.91 Å². The first-order valence-electron chi connectivity index (χ1n) is 6.19. The van der Waals surface area contributed by atoms with Gasteiger partial charge in [0.25, 0.3) is 5.91 Å². The summed E-state index contributed by atoms with van der Waals surface area (Å²) in [6, 6.07) is 1.20. The number of amides is 1. The molecule has 1 saturated heterocycles. The van der Waals surface area contributed by atoms with Crippen LogP contribution in [0, 0.1) is 11.7 Å². The third kappa shape index (κ3) is 2.67. The summed E-state index contributed by atoms with van der Waals surface area (Å²) in [5.41, 5.74) is 0.265. The zero-order valence-electron chi connectivity index (χ0n) is 10.3. The minimum atomic E-state index is -0.509. The zero-order valence-corrected chi connectivity index (χ0v) is 10.3. The summed E-state index contributed by atoms with van der Waals surface area (Å²) in [4.78, 5) is 17.5. The van der Waals surface area contributed by atoms with Gasteiger partial charge in [-0.25, -0.2) is 4.39 Å². The molecule has 0 saturated carbocycles. The number of aliphatic hydroxyl groups is 1. The van der Waals surface area contributed by atoms with Gasteiger partial charge in [0.2, 0.25) is 0 Å². The van der Waals surface area contributed by atoms with Gasteiger partial charge in [0, 0.05) is 25.2 Å². The Hall–Kier alpha value is -1.49. The molecule has 0 bridgehead atoms. The van der Waals surface area contributed by atoms with Crippen LogP contribution in [0.1, 0.15) is 30.1 Å². The van der Waals surface area contributed by atoms with E-state index < -0.39 is 5.82 Å². The lowest BCUT2D eigenvalue weighted by Gasteiger charge is -2.35.